The Hall–Kier alpha value is -1.28. The van der Waals surface area contributed by atoms with E-state index in [-0.39, 0.29) is 17.7 Å². The maximum absolute atomic E-state index is 12.7. The van der Waals surface area contributed by atoms with Crippen LogP contribution in [0.25, 0.3) is 0 Å². The van der Waals surface area contributed by atoms with Gasteiger partial charge < -0.3 is 4.18 Å². The first-order chi connectivity index (χ1) is 12.1. The first kappa shape index (κ1) is 21.0. The molecule has 1 aromatic rings. The molecule has 0 aromatic heterocycles. The van der Waals surface area contributed by atoms with Crippen LogP contribution in [0.1, 0.15) is 57.1 Å². The molecule has 0 radical (unpaired) electrons. The van der Waals surface area contributed by atoms with E-state index in [4.69, 9.17) is 0 Å². The van der Waals surface area contributed by atoms with Crippen LogP contribution in [0.15, 0.2) is 18.2 Å². The van der Waals surface area contributed by atoms with Gasteiger partial charge in [-0.1, -0.05) is 32.9 Å². The van der Waals surface area contributed by atoms with E-state index in [0.717, 1.165) is 37.9 Å². The van der Waals surface area contributed by atoms with Crippen LogP contribution in [0.4, 0.5) is 13.2 Å². The summed E-state index contributed by atoms with van der Waals surface area (Å²) in [4.78, 5) is 2.35. The van der Waals surface area contributed by atoms with E-state index < -0.39 is 15.6 Å². The van der Waals surface area contributed by atoms with Gasteiger partial charge in [-0.2, -0.15) is 21.6 Å². The molecule has 0 aliphatic heterocycles. The van der Waals surface area contributed by atoms with Gasteiger partial charge in [-0.25, -0.2) is 0 Å². The molecule has 0 heterocycles. The molecule has 0 bridgehead atoms. The van der Waals surface area contributed by atoms with Crippen molar-refractivity contribution in [2.75, 3.05) is 13.1 Å². The number of hydrogen-bond donors (Lipinski definition) is 0. The van der Waals surface area contributed by atoms with E-state index >= 15 is 0 Å². The highest BCUT2D eigenvalue weighted by atomic mass is 32.2. The Morgan fingerprint density at radius 1 is 1.19 bits per heavy atom. The molecule has 0 fully saturated rings. The van der Waals surface area contributed by atoms with Crippen molar-refractivity contribution in [3.05, 3.63) is 29.3 Å². The van der Waals surface area contributed by atoms with Crippen molar-refractivity contribution in [2.45, 2.75) is 63.9 Å². The normalized spacial score (nSPS) is 20.9. The molecule has 0 saturated heterocycles. The average molecular weight is 393 g/mol. The summed E-state index contributed by atoms with van der Waals surface area (Å²) in [7, 11) is -5.68. The molecule has 0 spiro atoms. The SMILES string of the molecule is CCCN(CCC)[C@@H]1CCc2cccc(OS(=O)(=O)C(F)(F)F)c2[C@@H]1C. The Morgan fingerprint density at radius 3 is 2.35 bits per heavy atom. The lowest BCUT2D eigenvalue weighted by Gasteiger charge is -2.40. The number of hydrogen-bond acceptors (Lipinski definition) is 4. The number of rotatable bonds is 7. The molecule has 0 unspecified atom stereocenters. The Balaban J connectivity index is 2.39. The van der Waals surface area contributed by atoms with Gasteiger partial charge in [0.05, 0.1) is 0 Å². The Labute approximate surface area is 153 Å². The molecule has 0 saturated carbocycles. The van der Waals surface area contributed by atoms with Gasteiger partial charge in [0.25, 0.3) is 0 Å². The van der Waals surface area contributed by atoms with Crippen LogP contribution in [-0.2, 0) is 16.5 Å². The smallest absolute Gasteiger partial charge is 0.376 e. The molecular formula is C18H26F3NO3S. The van der Waals surface area contributed by atoms with Gasteiger partial charge in [0.2, 0.25) is 0 Å². The van der Waals surface area contributed by atoms with Gasteiger partial charge >= 0.3 is 15.6 Å². The number of benzene rings is 1. The van der Waals surface area contributed by atoms with Crippen LogP contribution in [0.2, 0.25) is 0 Å². The fraction of sp³-hybridized carbons (Fsp3) is 0.667. The molecule has 0 amide bonds. The summed E-state index contributed by atoms with van der Waals surface area (Å²) in [6, 6.07) is 4.84. The minimum absolute atomic E-state index is 0.114. The Morgan fingerprint density at radius 2 is 1.81 bits per heavy atom. The third-order valence-electron chi connectivity index (χ3n) is 4.87. The fourth-order valence-corrected chi connectivity index (χ4v) is 4.30. The van der Waals surface area contributed by atoms with Gasteiger partial charge in [-0.3, -0.25) is 4.90 Å². The Kier molecular flexibility index (Phi) is 6.60. The van der Waals surface area contributed by atoms with Crippen LogP contribution in [-0.4, -0.2) is 38.0 Å². The molecule has 148 valence electrons. The predicted octanol–water partition coefficient (Wildman–Crippen LogP) is 4.46. The summed E-state index contributed by atoms with van der Waals surface area (Å²) in [5.74, 6) is -0.318. The second kappa shape index (κ2) is 8.17. The van der Waals surface area contributed by atoms with E-state index in [1.807, 2.05) is 13.0 Å². The number of alkyl halides is 3. The maximum Gasteiger partial charge on any atom is 0.534 e. The summed E-state index contributed by atoms with van der Waals surface area (Å²) in [5, 5.41) is 0. The van der Waals surface area contributed by atoms with Gasteiger partial charge in [0, 0.05) is 17.5 Å². The van der Waals surface area contributed by atoms with Crippen molar-refractivity contribution in [3.63, 3.8) is 0 Å². The molecule has 2 atom stereocenters. The lowest BCUT2D eigenvalue weighted by molar-refractivity contribution is -0.0500. The topological polar surface area (TPSA) is 46.6 Å². The second-order valence-corrected chi connectivity index (χ2v) is 8.28. The van der Waals surface area contributed by atoms with Crippen LogP contribution in [0.5, 0.6) is 5.75 Å². The maximum atomic E-state index is 12.7. The monoisotopic (exact) mass is 393 g/mol. The zero-order valence-corrected chi connectivity index (χ0v) is 16.2. The molecule has 4 nitrogen and oxygen atoms in total. The van der Waals surface area contributed by atoms with Crippen molar-refractivity contribution in [2.24, 2.45) is 0 Å². The highest BCUT2D eigenvalue weighted by Crippen LogP contribution is 2.41. The van der Waals surface area contributed by atoms with Gasteiger partial charge in [0.1, 0.15) is 5.75 Å². The van der Waals surface area contributed by atoms with Crippen molar-refractivity contribution < 1.29 is 25.8 Å². The largest absolute Gasteiger partial charge is 0.534 e. The van der Waals surface area contributed by atoms with Gasteiger partial charge in [-0.05, 0) is 50.4 Å². The lowest BCUT2D eigenvalue weighted by atomic mass is 9.79. The van der Waals surface area contributed by atoms with Crippen LogP contribution in [0, 0.1) is 0 Å². The van der Waals surface area contributed by atoms with Gasteiger partial charge in [-0.15, -0.1) is 0 Å². The third kappa shape index (κ3) is 4.34. The van der Waals surface area contributed by atoms with E-state index in [9.17, 15) is 21.6 Å². The first-order valence-corrected chi connectivity index (χ1v) is 10.4. The molecule has 2 rings (SSSR count). The van der Waals surface area contributed by atoms with E-state index in [1.165, 1.54) is 6.07 Å². The molecule has 1 aromatic carbocycles. The molecule has 8 heteroatoms. The zero-order valence-electron chi connectivity index (χ0n) is 15.3. The summed E-state index contributed by atoms with van der Waals surface area (Å²) >= 11 is 0. The summed E-state index contributed by atoms with van der Waals surface area (Å²) in [5.41, 5.74) is -4.01. The minimum atomic E-state index is -5.68. The number of nitrogens with zero attached hydrogens (tertiary/aromatic N) is 1. The number of halogens is 3. The summed E-state index contributed by atoms with van der Waals surface area (Å²) < 4.78 is 65.7. The molecule has 1 aliphatic rings. The molecule has 1 aliphatic carbocycles. The molecule has 0 N–H and O–H groups in total. The van der Waals surface area contributed by atoms with Crippen molar-refractivity contribution in [1.82, 2.24) is 4.90 Å². The molecular weight excluding hydrogens is 367 g/mol. The van der Waals surface area contributed by atoms with Crippen LogP contribution >= 0.6 is 0 Å². The highest BCUT2D eigenvalue weighted by molar-refractivity contribution is 7.88. The van der Waals surface area contributed by atoms with Crippen LogP contribution < -0.4 is 4.18 Å². The first-order valence-electron chi connectivity index (χ1n) is 8.99. The predicted molar refractivity (Wildman–Crippen MR) is 94.7 cm³/mol. The third-order valence-corrected chi connectivity index (χ3v) is 5.84. The number of aryl methyl sites for hydroxylation is 1. The van der Waals surface area contributed by atoms with Gasteiger partial charge in [0.15, 0.2) is 0 Å². The minimum Gasteiger partial charge on any atom is -0.376 e. The second-order valence-electron chi connectivity index (χ2n) is 6.74. The van der Waals surface area contributed by atoms with E-state index in [0.29, 0.717) is 12.0 Å². The Bertz CT molecular complexity index is 713. The van der Waals surface area contributed by atoms with E-state index in [1.54, 1.807) is 6.07 Å². The standard InChI is InChI=1S/C18H26F3NO3S/c1-4-11-22(12-5-2)15-10-9-14-7-6-8-16(17(14)13(15)3)25-26(23,24)18(19,20)21/h6-8,13,15H,4-5,9-12H2,1-3H3/t13-,15-/m1/s1. The average Bonchev–Trinajstić information content (AvgIpc) is 2.54. The van der Waals surface area contributed by atoms with Crippen molar-refractivity contribution in [1.29, 1.82) is 0 Å². The highest BCUT2D eigenvalue weighted by Gasteiger charge is 2.49. The summed E-state index contributed by atoms with van der Waals surface area (Å²) in [6.45, 7) is 7.93. The number of fused-ring (bicyclic) bond motifs is 1. The van der Waals surface area contributed by atoms with Crippen molar-refractivity contribution in [3.8, 4) is 5.75 Å². The fourth-order valence-electron chi connectivity index (χ4n) is 3.82. The van der Waals surface area contributed by atoms with E-state index in [2.05, 4.69) is 22.9 Å². The van der Waals surface area contributed by atoms with Crippen molar-refractivity contribution >= 4 is 10.1 Å². The quantitative estimate of drug-likeness (QED) is 0.507. The zero-order chi connectivity index (χ0) is 19.5. The lowest BCUT2D eigenvalue weighted by Crippen LogP contribution is -2.42. The summed E-state index contributed by atoms with van der Waals surface area (Å²) in [6.07, 6.45) is 3.55. The van der Waals surface area contributed by atoms with Crippen LogP contribution in [0.3, 0.4) is 0 Å². The molecule has 26 heavy (non-hydrogen) atoms.